The van der Waals surface area contributed by atoms with Gasteiger partial charge in [-0.1, -0.05) is 6.07 Å². The summed E-state index contributed by atoms with van der Waals surface area (Å²) in [6, 6.07) is 7.10. The minimum absolute atomic E-state index is 0.137. The van der Waals surface area contributed by atoms with E-state index >= 15 is 0 Å². The molecule has 1 aliphatic rings. The van der Waals surface area contributed by atoms with Crippen LogP contribution < -0.4 is 5.32 Å². The zero-order chi connectivity index (χ0) is 11.4. The Kier molecular flexibility index (Phi) is 3.30. The number of nitriles is 1. The molecule has 1 aliphatic heterocycles. The van der Waals surface area contributed by atoms with Crippen molar-refractivity contribution >= 4 is 6.29 Å². The molecule has 0 aromatic heterocycles. The standard InChI is InChI=1S/C12H12N2O2/c13-6-9-1-2-10(8-15)11(5-9)12-7-14-3-4-16-12/h1-2,5,8,12,14H,3-4,7H2. The molecule has 4 nitrogen and oxygen atoms in total. The van der Waals surface area contributed by atoms with Gasteiger partial charge in [0, 0.05) is 18.7 Å². The molecule has 1 unspecified atom stereocenters. The first-order valence-electron chi connectivity index (χ1n) is 5.16. The highest BCUT2D eigenvalue weighted by molar-refractivity contribution is 5.78. The third-order valence-corrected chi connectivity index (χ3v) is 2.62. The largest absolute Gasteiger partial charge is 0.371 e. The van der Waals surface area contributed by atoms with Gasteiger partial charge in [0.1, 0.15) is 6.29 Å². The molecule has 82 valence electrons. The van der Waals surface area contributed by atoms with Gasteiger partial charge in [0.25, 0.3) is 0 Å². The van der Waals surface area contributed by atoms with Gasteiger partial charge in [-0.05, 0) is 17.7 Å². The molecular formula is C12H12N2O2. The number of carbonyl (C=O) groups excluding carboxylic acids is 1. The lowest BCUT2D eigenvalue weighted by Crippen LogP contribution is -2.33. The predicted octanol–water partition coefficient (Wildman–Crippen LogP) is 1.03. The van der Waals surface area contributed by atoms with Crippen LogP contribution in [0.3, 0.4) is 0 Å². The molecule has 16 heavy (non-hydrogen) atoms. The van der Waals surface area contributed by atoms with Crippen molar-refractivity contribution in [3.05, 3.63) is 34.9 Å². The van der Waals surface area contributed by atoms with E-state index in [0.29, 0.717) is 24.3 Å². The van der Waals surface area contributed by atoms with Crippen LogP contribution in [0, 0.1) is 11.3 Å². The number of benzene rings is 1. The van der Waals surface area contributed by atoms with Crippen molar-refractivity contribution in [2.75, 3.05) is 19.7 Å². The van der Waals surface area contributed by atoms with Crippen LogP contribution in [0.25, 0.3) is 0 Å². The Labute approximate surface area is 93.8 Å². The summed E-state index contributed by atoms with van der Waals surface area (Å²) >= 11 is 0. The minimum atomic E-state index is -0.137. The summed E-state index contributed by atoms with van der Waals surface area (Å²) in [6.07, 6.45) is 0.663. The molecular weight excluding hydrogens is 204 g/mol. The maximum atomic E-state index is 10.9. The maximum Gasteiger partial charge on any atom is 0.150 e. The van der Waals surface area contributed by atoms with E-state index in [-0.39, 0.29) is 6.10 Å². The number of hydrogen-bond acceptors (Lipinski definition) is 4. The first-order valence-corrected chi connectivity index (χ1v) is 5.16. The Balaban J connectivity index is 2.36. The number of nitrogens with one attached hydrogen (secondary N) is 1. The zero-order valence-electron chi connectivity index (χ0n) is 8.77. The Hall–Kier alpha value is -1.70. The second-order valence-electron chi connectivity index (χ2n) is 3.64. The van der Waals surface area contributed by atoms with E-state index in [9.17, 15) is 4.79 Å². The van der Waals surface area contributed by atoms with Crippen molar-refractivity contribution in [1.82, 2.24) is 5.32 Å². The number of nitrogens with zero attached hydrogens (tertiary/aromatic N) is 1. The minimum Gasteiger partial charge on any atom is -0.371 e. The fraction of sp³-hybridized carbons (Fsp3) is 0.333. The Morgan fingerprint density at radius 2 is 2.44 bits per heavy atom. The molecule has 0 bridgehead atoms. The molecule has 1 saturated heterocycles. The van der Waals surface area contributed by atoms with Crippen LogP contribution in [0.5, 0.6) is 0 Å². The topological polar surface area (TPSA) is 62.1 Å². The van der Waals surface area contributed by atoms with Gasteiger partial charge in [0.15, 0.2) is 0 Å². The van der Waals surface area contributed by atoms with E-state index in [1.54, 1.807) is 18.2 Å². The van der Waals surface area contributed by atoms with Crippen molar-refractivity contribution in [2.45, 2.75) is 6.10 Å². The van der Waals surface area contributed by atoms with Crippen LogP contribution in [-0.4, -0.2) is 26.0 Å². The molecule has 1 heterocycles. The van der Waals surface area contributed by atoms with Gasteiger partial charge in [0.05, 0.1) is 24.3 Å². The summed E-state index contributed by atoms with van der Waals surface area (Å²) in [5.41, 5.74) is 1.93. The van der Waals surface area contributed by atoms with Crippen molar-refractivity contribution in [1.29, 1.82) is 5.26 Å². The van der Waals surface area contributed by atoms with Crippen molar-refractivity contribution < 1.29 is 9.53 Å². The number of aldehydes is 1. The van der Waals surface area contributed by atoms with Gasteiger partial charge in [-0.15, -0.1) is 0 Å². The van der Waals surface area contributed by atoms with Crippen molar-refractivity contribution in [3.63, 3.8) is 0 Å². The molecule has 1 N–H and O–H groups in total. The van der Waals surface area contributed by atoms with E-state index in [0.717, 1.165) is 18.4 Å². The third-order valence-electron chi connectivity index (χ3n) is 2.62. The molecule has 0 aliphatic carbocycles. The number of morpholine rings is 1. The summed E-state index contributed by atoms with van der Waals surface area (Å²) in [5, 5.41) is 12.0. The summed E-state index contributed by atoms with van der Waals surface area (Å²) in [5.74, 6) is 0. The van der Waals surface area contributed by atoms with E-state index in [1.165, 1.54) is 0 Å². The monoisotopic (exact) mass is 216 g/mol. The van der Waals surface area contributed by atoms with Gasteiger partial charge in [0.2, 0.25) is 0 Å². The van der Waals surface area contributed by atoms with Crippen LogP contribution in [0.15, 0.2) is 18.2 Å². The molecule has 1 atom stereocenters. The van der Waals surface area contributed by atoms with Crippen LogP contribution in [-0.2, 0) is 4.74 Å². The van der Waals surface area contributed by atoms with Crippen LogP contribution >= 0.6 is 0 Å². The molecule has 0 amide bonds. The molecule has 1 fully saturated rings. The smallest absolute Gasteiger partial charge is 0.150 e. The number of hydrogen-bond donors (Lipinski definition) is 1. The molecule has 2 rings (SSSR count). The maximum absolute atomic E-state index is 10.9. The summed E-state index contributed by atoms with van der Waals surface area (Å²) in [4.78, 5) is 10.9. The highest BCUT2D eigenvalue weighted by atomic mass is 16.5. The van der Waals surface area contributed by atoms with Gasteiger partial charge < -0.3 is 10.1 Å². The lowest BCUT2D eigenvalue weighted by atomic mass is 9.99. The van der Waals surface area contributed by atoms with Crippen LogP contribution in [0.1, 0.15) is 27.6 Å². The molecule has 0 radical (unpaired) electrons. The molecule has 0 saturated carbocycles. The Morgan fingerprint density at radius 1 is 1.56 bits per heavy atom. The quantitative estimate of drug-likeness (QED) is 0.750. The second kappa shape index (κ2) is 4.88. The van der Waals surface area contributed by atoms with E-state index < -0.39 is 0 Å². The summed E-state index contributed by atoms with van der Waals surface area (Å²) < 4.78 is 5.58. The number of ether oxygens (including phenoxy) is 1. The van der Waals surface area contributed by atoms with Crippen LogP contribution in [0.2, 0.25) is 0 Å². The molecule has 1 aromatic rings. The van der Waals surface area contributed by atoms with E-state index in [4.69, 9.17) is 10.00 Å². The van der Waals surface area contributed by atoms with Gasteiger partial charge in [-0.2, -0.15) is 5.26 Å². The zero-order valence-corrected chi connectivity index (χ0v) is 8.77. The highest BCUT2D eigenvalue weighted by Gasteiger charge is 2.19. The molecule has 1 aromatic carbocycles. The number of carbonyl (C=O) groups is 1. The predicted molar refractivity (Wildman–Crippen MR) is 58.1 cm³/mol. The average molecular weight is 216 g/mol. The van der Waals surface area contributed by atoms with E-state index in [1.807, 2.05) is 0 Å². The molecule has 0 spiro atoms. The summed E-state index contributed by atoms with van der Waals surface area (Å²) in [6.45, 7) is 2.13. The Morgan fingerprint density at radius 3 is 3.06 bits per heavy atom. The van der Waals surface area contributed by atoms with E-state index in [2.05, 4.69) is 11.4 Å². The Bertz CT molecular complexity index is 431. The van der Waals surface area contributed by atoms with Crippen molar-refractivity contribution in [2.24, 2.45) is 0 Å². The number of rotatable bonds is 2. The van der Waals surface area contributed by atoms with Crippen molar-refractivity contribution in [3.8, 4) is 6.07 Å². The second-order valence-corrected chi connectivity index (χ2v) is 3.64. The lowest BCUT2D eigenvalue weighted by Gasteiger charge is -2.25. The summed E-state index contributed by atoms with van der Waals surface area (Å²) in [7, 11) is 0. The molecule has 4 heteroatoms. The SMILES string of the molecule is N#Cc1ccc(C=O)c(C2CNCCO2)c1. The fourth-order valence-corrected chi connectivity index (χ4v) is 1.80. The third kappa shape index (κ3) is 2.11. The average Bonchev–Trinajstić information content (AvgIpc) is 2.39. The van der Waals surface area contributed by atoms with Gasteiger partial charge in [-0.25, -0.2) is 0 Å². The van der Waals surface area contributed by atoms with Gasteiger partial charge >= 0.3 is 0 Å². The van der Waals surface area contributed by atoms with Gasteiger partial charge in [-0.3, -0.25) is 4.79 Å². The first-order chi connectivity index (χ1) is 7.85. The fourth-order valence-electron chi connectivity index (χ4n) is 1.80. The lowest BCUT2D eigenvalue weighted by molar-refractivity contribution is 0.0273. The van der Waals surface area contributed by atoms with Crippen LogP contribution in [0.4, 0.5) is 0 Å². The highest BCUT2D eigenvalue weighted by Crippen LogP contribution is 2.22. The normalized spacial score (nSPS) is 20.1. The first kappa shape index (κ1) is 10.8.